The molecule has 0 spiro atoms. The molecular weight excluding hydrogens is 400 g/mol. The third-order valence-corrected chi connectivity index (χ3v) is 5.97. The average molecular weight is 435 g/mol. The Morgan fingerprint density at radius 2 is 1.81 bits per heavy atom. The number of guanidine groups is 1. The van der Waals surface area contributed by atoms with Gasteiger partial charge in [-0.3, -0.25) is 9.89 Å². The van der Waals surface area contributed by atoms with Gasteiger partial charge in [0.1, 0.15) is 5.82 Å². The second-order valence-electron chi connectivity index (χ2n) is 8.09. The number of aliphatic imine (C=N–C) groups is 1. The van der Waals surface area contributed by atoms with Gasteiger partial charge >= 0.3 is 0 Å². The first-order valence-corrected chi connectivity index (χ1v) is 11.5. The molecule has 2 aliphatic rings. The molecule has 32 heavy (non-hydrogen) atoms. The van der Waals surface area contributed by atoms with E-state index in [0.29, 0.717) is 6.54 Å². The number of ether oxygens (including phenoxy) is 1. The van der Waals surface area contributed by atoms with E-state index in [1.165, 1.54) is 11.1 Å². The Hall–Kier alpha value is -2.90. The molecule has 0 atom stereocenters. The summed E-state index contributed by atoms with van der Waals surface area (Å²) < 4.78 is 5.49. The van der Waals surface area contributed by atoms with Crippen LogP contribution in [0.25, 0.3) is 6.08 Å². The maximum atomic E-state index is 5.49. The molecule has 1 aromatic heterocycles. The number of hydrogen-bond donors (Lipinski definition) is 1. The first-order chi connectivity index (χ1) is 15.8. The van der Waals surface area contributed by atoms with Crippen LogP contribution in [0.1, 0.15) is 11.1 Å². The highest BCUT2D eigenvalue weighted by atomic mass is 16.5. The zero-order valence-corrected chi connectivity index (χ0v) is 19.0. The van der Waals surface area contributed by atoms with E-state index < -0.39 is 0 Å². The van der Waals surface area contributed by atoms with Crippen molar-refractivity contribution in [1.29, 1.82) is 0 Å². The highest BCUT2D eigenvalue weighted by Gasteiger charge is 2.20. The van der Waals surface area contributed by atoms with Gasteiger partial charge in [0.05, 0.1) is 13.2 Å². The average Bonchev–Trinajstić information content (AvgIpc) is 2.87. The maximum Gasteiger partial charge on any atom is 0.194 e. The highest BCUT2D eigenvalue weighted by Crippen LogP contribution is 2.18. The summed E-state index contributed by atoms with van der Waals surface area (Å²) in [6.07, 6.45) is 6.33. The van der Waals surface area contributed by atoms with Gasteiger partial charge in [0.15, 0.2) is 5.96 Å². The summed E-state index contributed by atoms with van der Waals surface area (Å²) in [7, 11) is 1.86. The van der Waals surface area contributed by atoms with Gasteiger partial charge in [-0.15, -0.1) is 0 Å². The number of nitrogens with one attached hydrogen (secondary N) is 1. The van der Waals surface area contributed by atoms with Gasteiger partial charge in [0.25, 0.3) is 0 Å². The van der Waals surface area contributed by atoms with Gasteiger partial charge in [0, 0.05) is 71.2 Å². The van der Waals surface area contributed by atoms with Gasteiger partial charge in [-0.05, 0) is 11.6 Å². The predicted molar refractivity (Wildman–Crippen MR) is 131 cm³/mol. The second kappa shape index (κ2) is 11.6. The third kappa shape index (κ3) is 6.08. The van der Waals surface area contributed by atoms with Crippen molar-refractivity contribution < 1.29 is 4.74 Å². The zero-order chi connectivity index (χ0) is 22.0. The van der Waals surface area contributed by atoms with E-state index in [0.717, 1.165) is 70.8 Å². The fraction of sp³-hybridized carbons (Fsp3) is 0.440. The summed E-state index contributed by atoms with van der Waals surface area (Å²) in [6, 6.07) is 14.6. The highest BCUT2D eigenvalue weighted by molar-refractivity contribution is 5.80. The van der Waals surface area contributed by atoms with Crippen molar-refractivity contribution in [1.82, 2.24) is 20.1 Å². The molecule has 0 saturated carbocycles. The molecule has 2 aliphatic heterocycles. The lowest BCUT2D eigenvalue weighted by Crippen LogP contribution is -2.52. The van der Waals surface area contributed by atoms with Crippen molar-refractivity contribution in [2.45, 2.75) is 6.54 Å². The minimum atomic E-state index is 0.716. The molecule has 7 nitrogen and oxygen atoms in total. The first-order valence-electron chi connectivity index (χ1n) is 11.5. The smallest absolute Gasteiger partial charge is 0.194 e. The molecule has 0 radical (unpaired) electrons. The Morgan fingerprint density at radius 3 is 2.56 bits per heavy atom. The van der Waals surface area contributed by atoms with Crippen molar-refractivity contribution in [2.24, 2.45) is 4.99 Å². The number of aromatic nitrogens is 1. The molecule has 3 heterocycles. The topological polar surface area (TPSA) is 56.2 Å². The first kappa shape index (κ1) is 22.3. The fourth-order valence-corrected chi connectivity index (χ4v) is 4.18. The van der Waals surface area contributed by atoms with Crippen LogP contribution in [-0.2, 0) is 11.3 Å². The fourth-order valence-electron chi connectivity index (χ4n) is 4.18. The number of anilines is 1. The molecule has 0 bridgehead atoms. The lowest BCUT2D eigenvalue weighted by molar-refractivity contribution is 0.122. The third-order valence-electron chi connectivity index (χ3n) is 5.97. The minimum absolute atomic E-state index is 0.716. The van der Waals surface area contributed by atoms with Crippen LogP contribution in [0.15, 0.2) is 59.7 Å². The largest absolute Gasteiger partial charge is 0.378 e. The molecule has 1 N–H and O–H groups in total. The summed E-state index contributed by atoms with van der Waals surface area (Å²) in [4.78, 5) is 16.3. The number of pyridine rings is 1. The lowest BCUT2D eigenvalue weighted by Gasteiger charge is -2.36. The molecule has 0 amide bonds. The summed E-state index contributed by atoms with van der Waals surface area (Å²) >= 11 is 0. The maximum absolute atomic E-state index is 5.49. The Balaban J connectivity index is 1.26. The van der Waals surface area contributed by atoms with E-state index in [4.69, 9.17) is 4.74 Å². The Labute approximate surface area is 191 Å². The molecule has 7 heteroatoms. The van der Waals surface area contributed by atoms with Gasteiger partial charge in [-0.25, -0.2) is 4.98 Å². The summed E-state index contributed by atoms with van der Waals surface area (Å²) in [5, 5.41) is 3.56. The van der Waals surface area contributed by atoms with Crippen molar-refractivity contribution in [2.75, 3.05) is 71.0 Å². The SMILES string of the molecule is CN=C(NCc1cccnc1N1CCOCC1)N1CCN(C/C=C/c2ccccc2)CC1. The molecule has 2 saturated heterocycles. The Bertz CT molecular complexity index is 886. The van der Waals surface area contributed by atoms with E-state index in [1.54, 1.807) is 0 Å². The van der Waals surface area contributed by atoms with Crippen molar-refractivity contribution >= 4 is 17.9 Å². The van der Waals surface area contributed by atoms with Gasteiger partial charge in [0.2, 0.25) is 0 Å². The molecule has 1 aromatic carbocycles. The van der Waals surface area contributed by atoms with E-state index in [-0.39, 0.29) is 0 Å². The van der Waals surface area contributed by atoms with Crippen molar-refractivity contribution in [3.63, 3.8) is 0 Å². The number of morpholine rings is 1. The lowest BCUT2D eigenvalue weighted by atomic mass is 10.2. The van der Waals surface area contributed by atoms with Crippen LogP contribution in [0.2, 0.25) is 0 Å². The summed E-state index contributed by atoms with van der Waals surface area (Å²) in [6.45, 7) is 9.01. The van der Waals surface area contributed by atoms with E-state index in [9.17, 15) is 0 Å². The quantitative estimate of drug-likeness (QED) is 0.556. The molecule has 0 unspecified atom stereocenters. The van der Waals surface area contributed by atoms with E-state index in [1.807, 2.05) is 19.3 Å². The molecule has 2 aromatic rings. The van der Waals surface area contributed by atoms with E-state index >= 15 is 0 Å². The normalized spacial score (nSPS) is 18.3. The number of rotatable bonds is 6. The number of benzene rings is 1. The minimum Gasteiger partial charge on any atom is -0.378 e. The van der Waals surface area contributed by atoms with Gasteiger partial charge in [-0.1, -0.05) is 48.6 Å². The van der Waals surface area contributed by atoms with Crippen LogP contribution in [0.5, 0.6) is 0 Å². The standard InChI is InChI=1S/C25H34N6O/c1-26-25(28-21-23-10-5-11-27-24(23)30-17-19-32-20-18-30)31-15-13-29(14-16-31)12-6-9-22-7-3-2-4-8-22/h2-11H,12-21H2,1H3,(H,26,28)/b9-6+. The summed E-state index contributed by atoms with van der Waals surface area (Å²) in [5.41, 5.74) is 2.45. The Morgan fingerprint density at radius 1 is 1.03 bits per heavy atom. The van der Waals surface area contributed by atoms with Crippen LogP contribution >= 0.6 is 0 Å². The van der Waals surface area contributed by atoms with Crippen LogP contribution in [0.4, 0.5) is 5.82 Å². The predicted octanol–water partition coefficient (Wildman–Crippen LogP) is 2.32. The van der Waals surface area contributed by atoms with Crippen LogP contribution in [0.3, 0.4) is 0 Å². The van der Waals surface area contributed by atoms with Crippen molar-refractivity contribution in [3.05, 3.63) is 65.9 Å². The zero-order valence-electron chi connectivity index (χ0n) is 19.0. The number of piperazine rings is 1. The molecule has 4 rings (SSSR count). The van der Waals surface area contributed by atoms with E-state index in [2.05, 4.69) is 78.5 Å². The molecule has 2 fully saturated rings. The van der Waals surface area contributed by atoms with Crippen LogP contribution in [0, 0.1) is 0 Å². The number of hydrogen-bond acceptors (Lipinski definition) is 5. The Kier molecular flexibility index (Phi) is 8.11. The van der Waals surface area contributed by atoms with Crippen LogP contribution < -0.4 is 10.2 Å². The van der Waals surface area contributed by atoms with Crippen LogP contribution in [-0.4, -0.2) is 86.8 Å². The molecule has 170 valence electrons. The van der Waals surface area contributed by atoms with Crippen molar-refractivity contribution in [3.8, 4) is 0 Å². The van der Waals surface area contributed by atoms with Gasteiger partial charge in [-0.2, -0.15) is 0 Å². The monoisotopic (exact) mass is 434 g/mol. The molecular formula is C25H34N6O. The molecule has 0 aliphatic carbocycles. The summed E-state index contributed by atoms with van der Waals surface area (Å²) in [5.74, 6) is 2.01. The number of nitrogens with zero attached hydrogens (tertiary/aromatic N) is 5. The second-order valence-corrected chi connectivity index (χ2v) is 8.09. The van der Waals surface area contributed by atoms with Gasteiger partial charge < -0.3 is 19.9 Å².